The number of amides is 1. The number of ketones is 1. The molecule has 3 rings (SSSR count). The maximum Gasteiger partial charge on any atom is 0.438 e. The fraction of sp³-hybridized carbons (Fsp3) is 0.238. The number of anilines is 1. The summed E-state index contributed by atoms with van der Waals surface area (Å²) in [6, 6.07) is 10.8. The molecule has 0 spiro atoms. The minimum absolute atomic E-state index is 0.0470. The van der Waals surface area contributed by atoms with Crippen molar-refractivity contribution in [2.45, 2.75) is 32.5 Å². The molecule has 1 atom stereocenters. The van der Waals surface area contributed by atoms with Gasteiger partial charge in [0.05, 0.1) is 11.0 Å². The number of halogens is 3. The molecule has 9 heteroatoms. The van der Waals surface area contributed by atoms with Gasteiger partial charge in [-0.2, -0.15) is 13.2 Å². The zero-order valence-electron chi connectivity index (χ0n) is 16.2. The maximum atomic E-state index is 13.4. The minimum atomic E-state index is -4.96. The van der Waals surface area contributed by atoms with Gasteiger partial charge in [0.15, 0.2) is 5.78 Å². The fourth-order valence-corrected chi connectivity index (χ4v) is 3.17. The van der Waals surface area contributed by atoms with Crippen LogP contribution in [0.25, 0.3) is 11.0 Å². The average Bonchev–Trinajstić information content (AvgIpc) is 2.69. The lowest BCUT2D eigenvalue weighted by Crippen LogP contribution is -2.37. The van der Waals surface area contributed by atoms with Crippen molar-refractivity contribution in [1.82, 2.24) is 9.55 Å². The molecule has 0 unspecified atom stereocenters. The van der Waals surface area contributed by atoms with Crippen LogP contribution in [-0.4, -0.2) is 21.2 Å². The summed E-state index contributed by atoms with van der Waals surface area (Å²) in [5.41, 5.74) is -2.23. The van der Waals surface area contributed by atoms with Gasteiger partial charge in [0.25, 0.3) is 5.56 Å². The van der Waals surface area contributed by atoms with Gasteiger partial charge in [-0.25, -0.2) is 4.98 Å². The summed E-state index contributed by atoms with van der Waals surface area (Å²) >= 11 is 0. The van der Waals surface area contributed by atoms with Gasteiger partial charge < -0.3 is 5.32 Å². The second-order valence-electron chi connectivity index (χ2n) is 6.67. The van der Waals surface area contributed by atoms with Crippen LogP contribution >= 0.6 is 0 Å². The van der Waals surface area contributed by atoms with Crippen LogP contribution in [0.15, 0.2) is 53.3 Å². The number of alkyl halides is 3. The molecular weight excluding hydrogens is 399 g/mol. The summed E-state index contributed by atoms with van der Waals surface area (Å²) in [5.74, 6) is -0.880. The molecule has 1 N–H and O–H groups in total. The molecule has 0 aliphatic carbocycles. The third-order valence-electron chi connectivity index (χ3n) is 4.60. The van der Waals surface area contributed by atoms with Gasteiger partial charge in [-0.15, -0.1) is 0 Å². The van der Waals surface area contributed by atoms with Gasteiger partial charge >= 0.3 is 6.18 Å². The van der Waals surface area contributed by atoms with Crippen LogP contribution in [0.2, 0.25) is 0 Å². The lowest BCUT2D eigenvalue weighted by molar-refractivity contribution is -0.142. The van der Waals surface area contributed by atoms with Crippen LogP contribution in [0, 0.1) is 0 Å². The predicted octanol–water partition coefficient (Wildman–Crippen LogP) is 4.21. The maximum absolute atomic E-state index is 13.4. The highest BCUT2D eigenvalue weighted by atomic mass is 19.4. The SMILES string of the molecule is CC[C@@H](C(=O)Nc1cccc(C(C)=O)c1)n1c(=O)c(C(F)(F)F)nc2ccccc21. The number of hydrogen-bond acceptors (Lipinski definition) is 4. The van der Waals surface area contributed by atoms with Gasteiger partial charge in [-0.05, 0) is 37.6 Å². The molecule has 3 aromatic rings. The standard InChI is InChI=1S/C21H18F3N3O3/c1-3-16(19(29)25-14-8-6-7-13(11-14)12(2)28)27-17-10-5-4-9-15(17)26-18(20(27)30)21(22,23)24/h4-11,16H,3H2,1-2H3,(H,25,29)/t16-/m0/s1. The molecule has 0 aliphatic rings. The summed E-state index contributed by atoms with van der Waals surface area (Å²) in [6.45, 7) is 2.96. The van der Waals surface area contributed by atoms with Crippen molar-refractivity contribution in [2.24, 2.45) is 0 Å². The van der Waals surface area contributed by atoms with E-state index in [9.17, 15) is 27.6 Å². The topological polar surface area (TPSA) is 81.1 Å². The number of benzene rings is 2. The van der Waals surface area contributed by atoms with Gasteiger partial charge in [-0.1, -0.05) is 31.2 Å². The fourth-order valence-electron chi connectivity index (χ4n) is 3.17. The molecule has 1 heterocycles. The predicted molar refractivity (Wildman–Crippen MR) is 105 cm³/mol. The quantitative estimate of drug-likeness (QED) is 0.631. The lowest BCUT2D eigenvalue weighted by atomic mass is 10.1. The first-order chi connectivity index (χ1) is 14.1. The molecule has 30 heavy (non-hydrogen) atoms. The Morgan fingerprint density at radius 2 is 1.83 bits per heavy atom. The molecule has 0 saturated heterocycles. The van der Waals surface area contributed by atoms with E-state index >= 15 is 0 Å². The Kier molecular flexibility index (Phi) is 5.73. The molecule has 0 fully saturated rings. The number of para-hydroxylation sites is 2. The molecule has 0 radical (unpaired) electrons. The zero-order valence-corrected chi connectivity index (χ0v) is 16.2. The first-order valence-corrected chi connectivity index (χ1v) is 9.13. The van der Waals surface area contributed by atoms with Crippen molar-refractivity contribution in [3.05, 3.63) is 70.1 Å². The molecular formula is C21H18F3N3O3. The number of carbonyl (C=O) groups excluding carboxylic acids is 2. The molecule has 0 bridgehead atoms. The Morgan fingerprint density at radius 1 is 1.13 bits per heavy atom. The van der Waals surface area contributed by atoms with E-state index in [1.54, 1.807) is 31.2 Å². The number of Topliss-reactive ketones (excluding diaryl/α,β-unsaturated/α-hetero) is 1. The van der Waals surface area contributed by atoms with Crippen LogP contribution in [-0.2, 0) is 11.0 Å². The van der Waals surface area contributed by atoms with Gasteiger partial charge in [0, 0.05) is 11.3 Å². The van der Waals surface area contributed by atoms with E-state index in [-0.39, 0.29) is 23.2 Å². The summed E-state index contributed by atoms with van der Waals surface area (Å²) < 4.78 is 41.0. The number of fused-ring (bicyclic) bond motifs is 1. The van der Waals surface area contributed by atoms with Crippen LogP contribution in [0.5, 0.6) is 0 Å². The second kappa shape index (κ2) is 8.10. The highest BCUT2D eigenvalue weighted by Crippen LogP contribution is 2.28. The molecule has 6 nitrogen and oxygen atoms in total. The van der Waals surface area contributed by atoms with Crippen molar-refractivity contribution in [1.29, 1.82) is 0 Å². The van der Waals surface area contributed by atoms with E-state index < -0.39 is 29.4 Å². The van der Waals surface area contributed by atoms with Crippen molar-refractivity contribution in [3.8, 4) is 0 Å². The van der Waals surface area contributed by atoms with Crippen LogP contribution in [0.3, 0.4) is 0 Å². The number of nitrogens with one attached hydrogen (secondary N) is 1. The van der Waals surface area contributed by atoms with E-state index in [4.69, 9.17) is 0 Å². The van der Waals surface area contributed by atoms with Gasteiger partial charge in [-0.3, -0.25) is 19.0 Å². The van der Waals surface area contributed by atoms with E-state index in [0.717, 1.165) is 4.57 Å². The Labute approximate surface area is 169 Å². The molecule has 0 saturated carbocycles. The van der Waals surface area contributed by atoms with Crippen LogP contribution < -0.4 is 10.9 Å². The summed E-state index contributed by atoms with van der Waals surface area (Å²) in [4.78, 5) is 40.6. The highest BCUT2D eigenvalue weighted by Gasteiger charge is 2.38. The van der Waals surface area contributed by atoms with E-state index in [1.165, 1.54) is 31.2 Å². The summed E-state index contributed by atoms with van der Waals surface area (Å²) in [7, 11) is 0. The Balaban J connectivity index is 2.11. The van der Waals surface area contributed by atoms with E-state index in [1.807, 2.05) is 0 Å². The van der Waals surface area contributed by atoms with Crippen molar-refractivity contribution < 1.29 is 22.8 Å². The Hall–Kier alpha value is -3.49. The summed E-state index contributed by atoms with van der Waals surface area (Å²) in [5, 5.41) is 2.58. The van der Waals surface area contributed by atoms with E-state index in [2.05, 4.69) is 10.3 Å². The monoisotopic (exact) mass is 417 g/mol. The third kappa shape index (κ3) is 4.10. The van der Waals surface area contributed by atoms with Gasteiger partial charge in [0.2, 0.25) is 11.6 Å². The highest BCUT2D eigenvalue weighted by molar-refractivity contribution is 5.98. The first kappa shape index (κ1) is 21.2. The Bertz CT molecular complexity index is 1190. The second-order valence-corrected chi connectivity index (χ2v) is 6.67. The van der Waals surface area contributed by atoms with Crippen LogP contribution in [0.4, 0.5) is 18.9 Å². The zero-order chi connectivity index (χ0) is 22.1. The lowest BCUT2D eigenvalue weighted by Gasteiger charge is -2.21. The molecule has 0 aliphatic heterocycles. The molecule has 1 aromatic heterocycles. The van der Waals surface area contributed by atoms with Crippen LogP contribution in [0.1, 0.15) is 42.4 Å². The number of nitrogens with zero attached hydrogens (tertiary/aromatic N) is 2. The number of aromatic nitrogens is 2. The smallest absolute Gasteiger partial charge is 0.324 e. The number of carbonyl (C=O) groups is 2. The van der Waals surface area contributed by atoms with Gasteiger partial charge in [0.1, 0.15) is 6.04 Å². The van der Waals surface area contributed by atoms with Crippen molar-refractivity contribution in [3.63, 3.8) is 0 Å². The largest absolute Gasteiger partial charge is 0.438 e. The van der Waals surface area contributed by atoms with Crippen molar-refractivity contribution in [2.75, 3.05) is 5.32 Å². The van der Waals surface area contributed by atoms with E-state index in [0.29, 0.717) is 11.3 Å². The molecule has 156 valence electrons. The normalized spacial score (nSPS) is 12.6. The third-order valence-corrected chi connectivity index (χ3v) is 4.60. The summed E-state index contributed by atoms with van der Waals surface area (Å²) in [6.07, 6.45) is -4.91. The average molecular weight is 417 g/mol. The number of hydrogen-bond donors (Lipinski definition) is 1. The van der Waals surface area contributed by atoms with Crippen molar-refractivity contribution >= 4 is 28.4 Å². The molecule has 1 amide bonds. The number of rotatable bonds is 5. The Morgan fingerprint density at radius 3 is 2.47 bits per heavy atom. The first-order valence-electron chi connectivity index (χ1n) is 9.13. The minimum Gasteiger partial charge on any atom is -0.324 e. The molecule has 2 aromatic carbocycles.